The van der Waals surface area contributed by atoms with Crippen LogP contribution in [-0.4, -0.2) is 0 Å². The van der Waals surface area contributed by atoms with Crippen molar-refractivity contribution in [1.82, 2.24) is 0 Å². The van der Waals surface area contributed by atoms with Crippen molar-refractivity contribution in [3.8, 4) is 66.8 Å². The van der Waals surface area contributed by atoms with Gasteiger partial charge >= 0.3 is 0 Å². The fraction of sp³-hybridized carbons (Fsp3) is 0. The molecule has 55 heavy (non-hydrogen) atoms. The lowest BCUT2D eigenvalue weighted by Gasteiger charge is -2.24. The second kappa shape index (κ2) is 11.6. The normalized spacial score (nSPS) is 12.0. The first-order valence-electron chi connectivity index (χ1n) is 19.0. The van der Waals surface area contributed by atoms with Crippen molar-refractivity contribution in [2.45, 2.75) is 0 Å². The average molecular weight is 697 g/mol. The molecule has 1 aliphatic carbocycles. The summed E-state index contributed by atoms with van der Waals surface area (Å²) < 4.78 is 6.19. The van der Waals surface area contributed by atoms with Crippen LogP contribution in [0.1, 0.15) is 0 Å². The predicted octanol–water partition coefficient (Wildman–Crippen LogP) is 15.4. The molecule has 0 saturated heterocycles. The highest BCUT2D eigenvalue weighted by Crippen LogP contribution is 2.50. The number of hydrogen-bond donors (Lipinski definition) is 0. The maximum Gasteiger partial charge on any atom is 0.135 e. The Hall–Kier alpha value is -7.22. The minimum atomic E-state index is 0.912. The van der Waals surface area contributed by atoms with E-state index in [0.717, 1.165) is 21.9 Å². The minimum absolute atomic E-state index is 0.912. The van der Waals surface area contributed by atoms with Crippen molar-refractivity contribution in [1.29, 1.82) is 0 Å². The lowest BCUT2D eigenvalue weighted by Crippen LogP contribution is -1.98. The lowest BCUT2D eigenvalue weighted by atomic mass is 9.79. The fourth-order valence-electron chi connectivity index (χ4n) is 9.26. The van der Waals surface area contributed by atoms with E-state index >= 15 is 0 Å². The van der Waals surface area contributed by atoms with E-state index in [1.807, 2.05) is 12.1 Å². The van der Waals surface area contributed by atoms with Gasteiger partial charge in [0.2, 0.25) is 0 Å². The summed E-state index contributed by atoms with van der Waals surface area (Å²) >= 11 is 0. The molecule has 0 unspecified atom stereocenters. The van der Waals surface area contributed by atoms with Gasteiger partial charge in [0.25, 0.3) is 0 Å². The van der Waals surface area contributed by atoms with E-state index in [4.69, 9.17) is 4.42 Å². The van der Waals surface area contributed by atoms with Crippen LogP contribution in [0, 0.1) is 0 Å². The molecular formula is C54H32O. The zero-order valence-corrected chi connectivity index (χ0v) is 29.9. The molecule has 1 aromatic heterocycles. The Morgan fingerprint density at radius 2 is 0.545 bits per heavy atom. The molecule has 0 aliphatic heterocycles. The first kappa shape index (κ1) is 30.3. The van der Waals surface area contributed by atoms with E-state index in [1.165, 1.54) is 99.1 Å². The summed E-state index contributed by atoms with van der Waals surface area (Å²) in [6, 6.07) is 71.4. The predicted molar refractivity (Wildman–Crippen MR) is 232 cm³/mol. The number of fused-ring (bicyclic) bond motifs is 17. The van der Waals surface area contributed by atoms with E-state index in [1.54, 1.807) is 0 Å². The van der Waals surface area contributed by atoms with Crippen LogP contribution < -0.4 is 0 Å². The maximum atomic E-state index is 6.19. The van der Waals surface area contributed by atoms with E-state index in [2.05, 4.69) is 182 Å². The molecular weight excluding hydrogens is 665 g/mol. The van der Waals surface area contributed by atoms with Crippen LogP contribution >= 0.6 is 0 Å². The molecule has 10 aromatic carbocycles. The molecule has 1 aliphatic rings. The Kier molecular flexibility index (Phi) is 6.40. The quantitative estimate of drug-likeness (QED) is 0.164. The molecule has 0 amide bonds. The highest BCUT2D eigenvalue weighted by molar-refractivity contribution is 6.25. The molecule has 254 valence electrons. The van der Waals surface area contributed by atoms with E-state index in [0.29, 0.717) is 0 Å². The summed E-state index contributed by atoms with van der Waals surface area (Å²) in [6.07, 6.45) is 0. The van der Waals surface area contributed by atoms with Gasteiger partial charge in [-0.05, 0) is 135 Å². The second-order valence-electron chi connectivity index (χ2n) is 14.8. The van der Waals surface area contributed by atoms with Crippen molar-refractivity contribution in [3.63, 3.8) is 0 Å². The summed E-state index contributed by atoms with van der Waals surface area (Å²) in [5.74, 6) is 0. The van der Waals surface area contributed by atoms with Gasteiger partial charge in [-0.25, -0.2) is 0 Å². The Morgan fingerprint density at radius 1 is 0.200 bits per heavy atom. The molecule has 0 N–H and O–H groups in total. The average Bonchev–Trinajstić information content (AvgIpc) is 3.63. The van der Waals surface area contributed by atoms with Gasteiger partial charge in [0.15, 0.2) is 0 Å². The van der Waals surface area contributed by atoms with Gasteiger partial charge in [-0.2, -0.15) is 0 Å². The van der Waals surface area contributed by atoms with Gasteiger partial charge < -0.3 is 4.42 Å². The highest BCUT2D eigenvalue weighted by Gasteiger charge is 2.23. The second-order valence-corrected chi connectivity index (χ2v) is 14.8. The topological polar surface area (TPSA) is 13.1 Å². The number of rotatable bonds is 2. The summed E-state index contributed by atoms with van der Waals surface area (Å²) in [5, 5.41) is 10.0. The SMILES string of the molecule is c1ccc2c(c1)-c1ccccc1-c1cc(-c3ccc4oc5ccccc5c4c3)ccc1-c1cc(-c3ccc4c5ccccc5c5ccccc5c4c3)ccc1-2. The van der Waals surface area contributed by atoms with Crippen LogP contribution in [0.25, 0.3) is 121 Å². The van der Waals surface area contributed by atoms with Crippen LogP contribution in [0.3, 0.4) is 0 Å². The van der Waals surface area contributed by atoms with Crippen LogP contribution in [0.5, 0.6) is 0 Å². The molecule has 1 nitrogen and oxygen atoms in total. The van der Waals surface area contributed by atoms with E-state index < -0.39 is 0 Å². The Morgan fingerprint density at radius 3 is 1.13 bits per heavy atom. The molecule has 0 atom stereocenters. The molecule has 12 rings (SSSR count). The first-order chi connectivity index (χ1) is 27.3. The zero-order chi connectivity index (χ0) is 36.0. The molecule has 0 radical (unpaired) electrons. The third-order valence-corrected chi connectivity index (χ3v) is 11.8. The van der Waals surface area contributed by atoms with Crippen LogP contribution in [0.2, 0.25) is 0 Å². The third kappa shape index (κ3) is 4.54. The number of furan rings is 1. The van der Waals surface area contributed by atoms with Crippen LogP contribution in [-0.2, 0) is 0 Å². The molecule has 0 spiro atoms. The summed E-state index contributed by atoms with van der Waals surface area (Å²) in [5.41, 5.74) is 16.5. The van der Waals surface area contributed by atoms with Crippen LogP contribution in [0.4, 0.5) is 0 Å². The zero-order valence-electron chi connectivity index (χ0n) is 29.9. The Bertz CT molecular complexity index is 3340. The maximum absolute atomic E-state index is 6.19. The highest BCUT2D eigenvalue weighted by atomic mass is 16.3. The fourth-order valence-corrected chi connectivity index (χ4v) is 9.26. The summed E-state index contributed by atoms with van der Waals surface area (Å²) in [6.45, 7) is 0. The minimum Gasteiger partial charge on any atom is -0.456 e. The van der Waals surface area contributed by atoms with Crippen molar-refractivity contribution >= 4 is 54.3 Å². The van der Waals surface area contributed by atoms with Gasteiger partial charge in [0.1, 0.15) is 11.2 Å². The van der Waals surface area contributed by atoms with Crippen molar-refractivity contribution < 1.29 is 4.42 Å². The van der Waals surface area contributed by atoms with E-state index in [9.17, 15) is 0 Å². The third-order valence-electron chi connectivity index (χ3n) is 11.8. The Labute approximate surface area is 318 Å². The molecule has 1 heterocycles. The van der Waals surface area contributed by atoms with Crippen molar-refractivity contribution in [2.24, 2.45) is 0 Å². The molecule has 0 bridgehead atoms. The lowest BCUT2D eigenvalue weighted by molar-refractivity contribution is 0.669. The van der Waals surface area contributed by atoms with Gasteiger partial charge in [-0.15, -0.1) is 0 Å². The summed E-state index contributed by atoms with van der Waals surface area (Å²) in [7, 11) is 0. The van der Waals surface area contributed by atoms with Gasteiger partial charge in [-0.1, -0.05) is 158 Å². The number of benzene rings is 10. The molecule has 11 aromatic rings. The molecule has 0 fully saturated rings. The number of hydrogen-bond acceptors (Lipinski definition) is 1. The standard InChI is InChI=1S/C54H32O/c1-3-15-41-37(11-1)39-13-5-7-17-43(39)49-29-33(21-25-45(41)49)34-22-26-46-42-16-4-2-12-38(42)40-14-6-8-18-44(40)50-30-35(23-27-47(50)51(46)31-34)36-24-28-54-52(32-36)48-19-9-10-20-53(48)55-54/h1-32H. The van der Waals surface area contributed by atoms with Gasteiger partial charge in [0.05, 0.1) is 0 Å². The Balaban J connectivity index is 1.10. The van der Waals surface area contributed by atoms with Crippen molar-refractivity contribution in [2.75, 3.05) is 0 Å². The van der Waals surface area contributed by atoms with E-state index in [-0.39, 0.29) is 0 Å². The number of para-hydroxylation sites is 1. The summed E-state index contributed by atoms with van der Waals surface area (Å²) in [4.78, 5) is 0. The van der Waals surface area contributed by atoms with Crippen LogP contribution in [0.15, 0.2) is 199 Å². The first-order valence-corrected chi connectivity index (χ1v) is 19.0. The molecule has 1 heteroatoms. The monoisotopic (exact) mass is 696 g/mol. The molecule has 0 saturated carbocycles. The smallest absolute Gasteiger partial charge is 0.135 e. The largest absolute Gasteiger partial charge is 0.456 e. The van der Waals surface area contributed by atoms with Gasteiger partial charge in [-0.3, -0.25) is 0 Å². The van der Waals surface area contributed by atoms with Gasteiger partial charge in [0, 0.05) is 10.8 Å². The van der Waals surface area contributed by atoms with Crippen molar-refractivity contribution in [3.05, 3.63) is 194 Å².